The van der Waals surface area contributed by atoms with Crippen LogP contribution in [0.25, 0.3) is 0 Å². The molecule has 0 saturated heterocycles. The quantitative estimate of drug-likeness (QED) is 0.863. The number of methoxy groups -OCH3 is 1. The van der Waals surface area contributed by atoms with Gasteiger partial charge in [-0.25, -0.2) is 13.2 Å². The van der Waals surface area contributed by atoms with E-state index in [-0.39, 0.29) is 15.5 Å². The van der Waals surface area contributed by atoms with Crippen molar-refractivity contribution in [2.45, 2.75) is 11.8 Å². The second-order valence-electron chi connectivity index (χ2n) is 4.17. The molecule has 5 nitrogen and oxygen atoms in total. The normalized spacial score (nSPS) is 11.2. The number of carbonyl (C=O) groups is 1. The Hall–Kier alpha value is -1.57. The van der Waals surface area contributed by atoms with Gasteiger partial charge < -0.3 is 4.74 Å². The Labute approximate surface area is 131 Å². The van der Waals surface area contributed by atoms with Crippen LogP contribution in [0.15, 0.2) is 34.5 Å². The predicted octanol–water partition coefficient (Wildman–Crippen LogP) is 3.30. The highest BCUT2D eigenvalue weighted by molar-refractivity contribution is 7.92. The number of ether oxygens (including phenoxy) is 1. The van der Waals surface area contributed by atoms with Crippen molar-refractivity contribution in [3.63, 3.8) is 0 Å². The van der Waals surface area contributed by atoms with Gasteiger partial charge in [0.2, 0.25) is 0 Å². The molecule has 0 aliphatic rings. The summed E-state index contributed by atoms with van der Waals surface area (Å²) in [7, 11) is -2.55. The lowest BCUT2D eigenvalue weighted by atomic mass is 10.3. The third-order valence-corrected chi connectivity index (χ3v) is 5.40. The number of esters is 1. The molecule has 1 aromatic carbocycles. The zero-order valence-electron chi connectivity index (χ0n) is 11.2. The molecule has 0 saturated carbocycles. The molecule has 1 aromatic heterocycles. The van der Waals surface area contributed by atoms with E-state index in [2.05, 4.69) is 9.46 Å². The number of carbonyl (C=O) groups excluding carboxylic acids is 1. The van der Waals surface area contributed by atoms with Crippen LogP contribution in [-0.4, -0.2) is 21.5 Å². The second-order valence-corrected chi connectivity index (χ2v) is 7.17. The standard InChI is InChI=1S/C13H12ClNO4S2/c1-8-7-20-12(13(16)19-2)11(8)15-21(17,18)10-5-3-9(14)4-6-10/h3-7,15H,1-2H3. The number of halogens is 1. The summed E-state index contributed by atoms with van der Waals surface area (Å²) in [6.07, 6.45) is 0. The van der Waals surface area contributed by atoms with Crippen molar-refractivity contribution in [3.05, 3.63) is 45.1 Å². The average molecular weight is 346 g/mol. The fraction of sp³-hybridized carbons (Fsp3) is 0.154. The Balaban J connectivity index is 2.39. The molecular weight excluding hydrogens is 334 g/mol. The van der Waals surface area contributed by atoms with Crippen molar-refractivity contribution >= 4 is 44.6 Å². The van der Waals surface area contributed by atoms with Gasteiger partial charge in [-0.3, -0.25) is 4.72 Å². The number of hydrogen-bond donors (Lipinski definition) is 1. The molecule has 0 unspecified atom stereocenters. The predicted molar refractivity (Wildman–Crippen MR) is 82.7 cm³/mol. The number of rotatable bonds is 4. The van der Waals surface area contributed by atoms with Crippen molar-refractivity contribution in [1.82, 2.24) is 0 Å². The lowest BCUT2D eigenvalue weighted by molar-refractivity contribution is 0.0607. The van der Waals surface area contributed by atoms with Gasteiger partial charge in [-0.2, -0.15) is 0 Å². The molecule has 112 valence electrons. The largest absolute Gasteiger partial charge is 0.465 e. The molecule has 2 aromatic rings. The van der Waals surface area contributed by atoms with E-state index >= 15 is 0 Å². The molecule has 0 bridgehead atoms. The molecule has 0 amide bonds. The molecule has 21 heavy (non-hydrogen) atoms. The molecule has 0 aliphatic carbocycles. The van der Waals surface area contributed by atoms with E-state index < -0.39 is 16.0 Å². The van der Waals surface area contributed by atoms with E-state index in [4.69, 9.17) is 11.6 Å². The zero-order valence-corrected chi connectivity index (χ0v) is 13.6. The number of thiophene rings is 1. The average Bonchev–Trinajstić information content (AvgIpc) is 2.79. The third-order valence-electron chi connectivity index (χ3n) is 2.71. The summed E-state index contributed by atoms with van der Waals surface area (Å²) >= 11 is 6.87. The summed E-state index contributed by atoms with van der Waals surface area (Å²) in [4.78, 5) is 11.9. The van der Waals surface area contributed by atoms with Crippen molar-refractivity contribution in [2.24, 2.45) is 0 Å². The molecular formula is C13H12ClNO4S2. The maximum absolute atomic E-state index is 12.3. The van der Waals surface area contributed by atoms with Crippen LogP contribution in [0.1, 0.15) is 15.2 Å². The molecule has 0 aliphatic heterocycles. The summed E-state index contributed by atoms with van der Waals surface area (Å²) in [6, 6.07) is 5.75. The summed E-state index contributed by atoms with van der Waals surface area (Å²) in [5, 5.41) is 2.13. The third kappa shape index (κ3) is 3.37. The van der Waals surface area contributed by atoms with Gasteiger partial charge in [0.15, 0.2) is 0 Å². The van der Waals surface area contributed by atoms with Gasteiger partial charge in [-0.15, -0.1) is 11.3 Å². The van der Waals surface area contributed by atoms with E-state index in [9.17, 15) is 13.2 Å². The maximum atomic E-state index is 12.3. The van der Waals surface area contributed by atoms with Gasteiger partial charge in [0.1, 0.15) is 4.88 Å². The highest BCUT2D eigenvalue weighted by atomic mass is 35.5. The first-order valence-corrected chi connectivity index (χ1v) is 8.54. The maximum Gasteiger partial charge on any atom is 0.350 e. The van der Waals surface area contributed by atoms with Crippen LogP contribution < -0.4 is 4.72 Å². The number of aryl methyl sites for hydroxylation is 1. The minimum Gasteiger partial charge on any atom is -0.465 e. The molecule has 0 atom stereocenters. The van der Waals surface area contributed by atoms with Crippen LogP contribution in [0.2, 0.25) is 5.02 Å². The van der Waals surface area contributed by atoms with Crippen LogP contribution in [0, 0.1) is 6.92 Å². The summed E-state index contributed by atoms with van der Waals surface area (Å²) < 4.78 is 31.7. The molecule has 1 N–H and O–H groups in total. The monoisotopic (exact) mass is 345 g/mol. The Morgan fingerprint density at radius 3 is 2.48 bits per heavy atom. The van der Waals surface area contributed by atoms with Gasteiger partial charge in [-0.1, -0.05) is 11.6 Å². The Bertz CT molecular complexity index is 766. The zero-order chi connectivity index (χ0) is 15.6. The molecule has 0 fully saturated rings. The van der Waals surface area contributed by atoms with Gasteiger partial charge in [0.25, 0.3) is 10.0 Å². The molecule has 0 spiro atoms. The smallest absolute Gasteiger partial charge is 0.350 e. The number of nitrogens with one attached hydrogen (secondary N) is 1. The van der Waals surface area contributed by atoms with Crippen LogP contribution in [0.4, 0.5) is 5.69 Å². The van der Waals surface area contributed by atoms with E-state index in [1.807, 2.05) is 0 Å². The van der Waals surface area contributed by atoms with Gasteiger partial charge in [0.05, 0.1) is 17.7 Å². The summed E-state index contributed by atoms with van der Waals surface area (Å²) in [5.74, 6) is -0.582. The van der Waals surface area contributed by atoms with Crippen molar-refractivity contribution in [2.75, 3.05) is 11.8 Å². The van der Waals surface area contributed by atoms with Gasteiger partial charge in [0, 0.05) is 5.02 Å². The van der Waals surface area contributed by atoms with Crippen molar-refractivity contribution in [1.29, 1.82) is 0 Å². The van der Waals surface area contributed by atoms with Crippen LogP contribution in [0.5, 0.6) is 0 Å². The Kier molecular flexibility index (Phi) is 4.55. The molecule has 8 heteroatoms. The van der Waals surface area contributed by atoms with E-state index in [0.717, 1.165) is 11.3 Å². The van der Waals surface area contributed by atoms with Crippen molar-refractivity contribution in [3.8, 4) is 0 Å². The van der Waals surface area contributed by atoms with Crippen LogP contribution >= 0.6 is 22.9 Å². The molecule has 2 rings (SSSR count). The van der Waals surface area contributed by atoms with Gasteiger partial charge in [-0.05, 0) is 42.1 Å². The van der Waals surface area contributed by atoms with Gasteiger partial charge >= 0.3 is 5.97 Å². The van der Waals surface area contributed by atoms with E-state index in [1.54, 1.807) is 12.3 Å². The number of sulfonamides is 1. The van der Waals surface area contributed by atoms with E-state index in [0.29, 0.717) is 10.6 Å². The first kappa shape index (κ1) is 15.8. The SMILES string of the molecule is COC(=O)c1scc(C)c1NS(=O)(=O)c1ccc(Cl)cc1. The highest BCUT2D eigenvalue weighted by Gasteiger charge is 2.22. The second kappa shape index (κ2) is 6.05. The first-order valence-electron chi connectivity index (χ1n) is 5.80. The topological polar surface area (TPSA) is 72.5 Å². The highest BCUT2D eigenvalue weighted by Crippen LogP contribution is 2.30. The lowest BCUT2D eigenvalue weighted by Gasteiger charge is -2.09. The number of benzene rings is 1. The fourth-order valence-corrected chi connectivity index (χ4v) is 3.88. The van der Waals surface area contributed by atoms with Crippen LogP contribution in [0.3, 0.4) is 0 Å². The molecule has 0 radical (unpaired) electrons. The molecule has 1 heterocycles. The fourth-order valence-electron chi connectivity index (χ4n) is 1.62. The Morgan fingerprint density at radius 2 is 1.90 bits per heavy atom. The summed E-state index contributed by atoms with van der Waals surface area (Å²) in [5.41, 5.74) is 0.889. The van der Waals surface area contributed by atoms with E-state index in [1.165, 1.54) is 31.4 Å². The minimum absolute atomic E-state index is 0.0633. The van der Waals surface area contributed by atoms with Crippen LogP contribution in [-0.2, 0) is 14.8 Å². The lowest BCUT2D eigenvalue weighted by Crippen LogP contribution is -2.15. The number of anilines is 1. The van der Waals surface area contributed by atoms with Crippen molar-refractivity contribution < 1.29 is 17.9 Å². The first-order chi connectivity index (χ1) is 9.85. The number of hydrogen-bond acceptors (Lipinski definition) is 5. The minimum atomic E-state index is -3.80. The summed E-state index contributed by atoms with van der Waals surface area (Å²) in [6.45, 7) is 1.71. The Morgan fingerprint density at radius 1 is 1.29 bits per heavy atom.